The SMILES string of the molecule is COc1ccc2c(c1)[C@](O)([C@@H](C)/C=C/CC(=O)N(CCO)Cc1ccccc1)C(=O)N2Cc1ccc(N2CCNCC2=O)cc1. The lowest BCUT2D eigenvalue weighted by atomic mass is 9.83. The van der Waals surface area contributed by atoms with Gasteiger partial charge in [-0.05, 0) is 41.5 Å². The van der Waals surface area contributed by atoms with Crippen LogP contribution in [0.5, 0.6) is 5.75 Å². The van der Waals surface area contributed by atoms with Crippen molar-refractivity contribution in [2.45, 2.75) is 32.0 Å². The monoisotopic (exact) mass is 612 g/mol. The Morgan fingerprint density at radius 3 is 2.53 bits per heavy atom. The zero-order valence-corrected chi connectivity index (χ0v) is 25.7. The molecule has 3 aromatic rings. The second-order valence-electron chi connectivity index (χ2n) is 11.4. The van der Waals surface area contributed by atoms with Gasteiger partial charge in [-0.25, -0.2) is 0 Å². The molecule has 2 aliphatic rings. The van der Waals surface area contributed by atoms with Gasteiger partial charge < -0.3 is 35.0 Å². The Balaban J connectivity index is 1.33. The van der Waals surface area contributed by atoms with Gasteiger partial charge >= 0.3 is 0 Å². The first-order valence-electron chi connectivity index (χ1n) is 15.2. The maximum Gasteiger partial charge on any atom is 0.264 e. The molecule has 3 N–H and O–H groups in total. The summed E-state index contributed by atoms with van der Waals surface area (Å²) >= 11 is 0. The molecule has 0 aliphatic carbocycles. The zero-order valence-electron chi connectivity index (χ0n) is 25.7. The Labute approximate surface area is 263 Å². The number of anilines is 2. The van der Waals surface area contributed by atoms with Gasteiger partial charge in [-0.2, -0.15) is 0 Å². The highest BCUT2D eigenvalue weighted by atomic mass is 16.5. The summed E-state index contributed by atoms with van der Waals surface area (Å²) in [5.41, 5.74) is 1.74. The van der Waals surface area contributed by atoms with E-state index in [9.17, 15) is 24.6 Å². The van der Waals surface area contributed by atoms with Crippen molar-refractivity contribution in [2.75, 3.05) is 49.7 Å². The van der Waals surface area contributed by atoms with Crippen molar-refractivity contribution in [3.63, 3.8) is 0 Å². The number of amides is 3. The number of aliphatic hydroxyl groups excluding tert-OH is 1. The van der Waals surface area contributed by atoms with E-state index in [4.69, 9.17) is 4.74 Å². The highest BCUT2D eigenvalue weighted by molar-refractivity contribution is 6.07. The van der Waals surface area contributed by atoms with Crippen LogP contribution in [0.2, 0.25) is 0 Å². The van der Waals surface area contributed by atoms with Gasteiger partial charge in [0, 0.05) is 49.8 Å². The normalized spacial score (nSPS) is 18.8. The van der Waals surface area contributed by atoms with Crippen LogP contribution in [-0.2, 0) is 33.1 Å². The number of aliphatic hydroxyl groups is 2. The maximum atomic E-state index is 14.0. The highest BCUT2D eigenvalue weighted by Gasteiger charge is 2.52. The molecule has 0 radical (unpaired) electrons. The molecule has 0 bridgehead atoms. The summed E-state index contributed by atoms with van der Waals surface area (Å²) in [6.45, 7) is 4.02. The van der Waals surface area contributed by atoms with Gasteiger partial charge in [0.05, 0.1) is 32.5 Å². The third-order valence-electron chi connectivity index (χ3n) is 8.47. The van der Waals surface area contributed by atoms with Crippen molar-refractivity contribution in [2.24, 2.45) is 5.92 Å². The number of ether oxygens (including phenoxy) is 1. The molecule has 2 heterocycles. The average Bonchev–Trinajstić information content (AvgIpc) is 3.27. The van der Waals surface area contributed by atoms with Crippen molar-refractivity contribution in [1.82, 2.24) is 10.2 Å². The standard InChI is InChI=1S/C35H40N4O6/c1-25(7-6-10-32(41)37(19-20-40)23-26-8-4-3-5-9-26)35(44)30-21-29(45-2)15-16-31(30)39(34(35)43)24-27-11-13-28(14-12-27)38-18-17-36-22-33(38)42/h3-9,11-16,21,25,36,40,44H,10,17-20,22-24H2,1-2H3/b7-6+/t25-,35+/m0/s1. The quantitative estimate of drug-likeness (QED) is 0.269. The number of carbonyl (C=O) groups is 3. The molecular weight excluding hydrogens is 572 g/mol. The van der Waals surface area contributed by atoms with Crippen molar-refractivity contribution < 1.29 is 29.3 Å². The number of hydrogen-bond donors (Lipinski definition) is 3. The van der Waals surface area contributed by atoms with E-state index in [-0.39, 0.29) is 37.9 Å². The molecule has 0 unspecified atom stereocenters. The summed E-state index contributed by atoms with van der Waals surface area (Å²) in [4.78, 5) is 44.3. The predicted molar refractivity (Wildman–Crippen MR) is 172 cm³/mol. The molecule has 0 saturated carbocycles. The topological polar surface area (TPSA) is 123 Å². The molecule has 45 heavy (non-hydrogen) atoms. The number of methoxy groups -OCH3 is 1. The number of benzene rings is 3. The Hall–Kier alpha value is -4.51. The molecular formula is C35H40N4O6. The van der Waals surface area contributed by atoms with E-state index in [0.29, 0.717) is 36.6 Å². The van der Waals surface area contributed by atoms with Gasteiger partial charge in [-0.15, -0.1) is 0 Å². The summed E-state index contributed by atoms with van der Waals surface area (Å²) in [6, 6.07) is 22.3. The minimum atomic E-state index is -1.88. The average molecular weight is 613 g/mol. The fourth-order valence-corrected chi connectivity index (χ4v) is 5.91. The van der Waals surface area contributed by atoms with Crippen LogP contribution in [0.1, 0.15) is 30.0 Å². The Morgan fingerprint density at radius 2 is 1.84 bits per heavy atom. The van der Waals surface area contributed by atoms with Crippen LogP contribution < -0.4 is 19.9 Å². The molecule has 3 aromatic carbocycles. The molecule has 236 valence electrons. The van der Waals surface area contributed by atoms with Crippen molar-refractivity contribution >= 4 is 29.1 Å². The summed E-state index contributed by atoms with van der Waals surface area (Å²) < 4.78 is 5.43. The lowest BCUT2D eigenvalue weighted by Crippen LogP contribution is -2.48. The largest absolute Gasteiger partial charge is 0.497 e. The summed E-state index contributed by atoms with van der Waals surface area (Å²) in [5, 5.41) is 24.7. The van der Waals surface area contributed by atoms with Gasteiger partial charge in [0.15, 0.2) is 5.60 Å². The van der Waals surface area contributed by atoms with E-state index >= 15 is 0 Å². The van der Waals surface area contributed by atoms with Crippen LogP contribution in [-0.4, -0.2) is 72.7 Å². The minimum absolute atomic E-state index is 0.0118. The van der Waals surface area contributed by atoms with Crippen LogP contribution in [0.25, 0.3) is 0 Å². The van der Waals surface area contributed by atoms with E-state index in [2.05, 4.69) is 5.32 Å². The first kappa shape index (κ1) is 31.9. The second-order valence-corrected chi connectivity index (χ2v) is 11.4. The smallest absolute Gasteiger partial charge is 0.264 e. The fourth-order valence-electron chi connectivity index (χ4n) is 5.91. The molecule has 5 rings (SSSR count). The third-order valence-corrected chi connectivity index (χ3v) is 8.47. The Bertz CT molecular complexity index is 1540. The first-order chi connectivity index (χ1) is 21.8. The fraction of sp³-hybridized carbons (Fsp3) is 0.343. The van der Waals surface area contributed by atoms with E-state index < -0.39 is 17.4 Å². The number of fused-ring (bicyclic) bond motifs is 1. The Kier molecular flexibility index (Phi) is 9.97. The van der Waals surface area contributed by atoms with E-state index in [1.165, 1.54) is 7.11 Å². The molecule has 1 fully saturated rings. The highest BCUT2D eigenvalue weighted by Crippen LogP contribution is 2.47. The van der Waals surface area contributed by atoms with E-state index in [1.54, 1.807) is 52.0 Å². The number of piperazine rings is 1. The molecule has 2 atom stereocenters. The summed E-state index contributed by atoms with van der Waals surface area (Å²) in [5.74, 6) is -0.788. The van der Waals surface area contributed by atoms with E-state index in [0.717, 1.165) is 23.4 Å². The first-order valence-corrected chi connectivity index (χ1v) is 15.2. The summed E-state index contributed by atoms with van der Waals surface area (Å²) in [6.07, 6.45) is 3.42. The van der Waals surface area contributed by atoms with Gasteiger partial charge in [-0.1, -0.05) is 61.5 Å². The van der Waals surface area contributed by atoms with Gasteiger partial charge in [0.1, 0.15) is 5.75 Å². The van der Waals surface area contributed by atoms with Gasteiger partial charge in [0.2, 0.25) is 11.8 Å². The Morgan fingerprint density at radius 1 is 1.09 bits per heavy atom. The predicted octanol–water partition coefficient (Wildman–Crippen LogP) is 2.97. The third kappa shape index (κ3) is 6.78. The van der Waals surface area contributed by atoms with Crippen molar-refractivity contribution in [1.29, 1.82) is 0 Å². The minimum Gasteiger partial charge on any atom is -0.497 e. The number of hydrogen-bond acceptors (Lipinski definition) is 7. The molecule has 0 spiro atoms. The molecule has 2 aliphatic heterocycles. The molecule has 3 amide bonds. The van der Waals surface area contributed by atoms with Crippen molar-refractivity contribution in [3.8, 4) is 5.75 Å². The van der Waals surface area contributed by atoms with Crippen LogP contribution >= 0.6 is 0 Å². The maximum absolute atomic E-state index is 14.0. The van der Waals surface area contributed by atoms with Gasteiger partial charge in [-0.3, -0.25) is 14.4 Å². The molecule has 10 heteroatoms. The molecule has 0 aromatic heterocycles. The number of nitrogens with zero attached hydrogens (tertiary/aromatic N) is 3. The van der Waals surface area contributed by atoms with Crippen molar-refractivity contribution in [3.05, 3.63) is 102 Å². The molecule has 1 saturated heterocycles. The lowest BCUT2D eigenvalue weighted by molar-refractivity contribution is -0.139. The second kappa shape index (κ2) is 14.1. The number of rotatable bonds is 12. The number of carbonyl (C=O) groups excluding carboxylic acids is 3. The summed E-state index contributed by atoms with van der Waals surface area (Å²) in [7, 11) is 1.53. The van der Waals surface area contributed by atoms with Crippen LogP contribution in [0.4, 0.5) is 11.4 Å². The van der Waals surface area contributed by atoms with Crippen LogP contribution in [0, 0.1) is 5.92 Å². The van der Waals surface area contributed by atoms with Crippen LogP contribution in [0.15, 0.2) is 84.9 Å². The molecule has 10 nitrogen and oxygen atoms in total. The van der Waals surface area contributed by atoms with Crippen LogP contribution in [0.3, 0.4) is 0 Å². The van der Waals surface area contributed by atoms with Gasteiger partial charge in [0.25, 0.3) is 5.91 Å². The number of nitrogens with one attached hydrogen (secondary N) is 1. The van der Waals surface area contributed by atoms with E-state index in [1.807, 2.05) is 54.6 Å². The lowest BCUT2D eigenvalue weighted by Gasteiger charge is -2.28. The zero-order chi connectivity index (χ0) is 32.0.